The molecule has 6 aromatic rings. The van der Waals surface area contributed by atoms with Crippen LogP contribution in [-0.2, 0) is 0 Å². The Morgan fingerprint density at radius 2 is 1.27 bits per heavy atom. The predicted octanol–water partition coefficient (Wildman–Crippen LogP) is 7.37. The van der Waals surface area contributed by atoms with E-state index in [2.05, 4.69) is 91.0 Å². The second-order valence-electron chi connectivity index (χ2n) is 7.57. The van der Waals surface area contributed by atoms with Crippen molar-refractivity contribution in [1.82, 2.24) is 4.98 Å². The number of nitrogens with zero attached hydrogens (tertiary/aromatic N) is 1. The van der Waals surface area contributed by atoms with Gasteiger partial charge in [0.25, 0.3) is 0 Å². The highest BCUT2D eigenvalue weighted by Gasteiger charge is 2.16. The minimum absolute atomic E-state index is 0.879. The molecule has 1 heterocycles. The first-order valence-electron chi connectivity index (χ1n) is 10.1. The molecule has 0 aliphatic carbocycles. The molecule has 0 aliphatic rings. The van der Waals surface area contributed by atoms with Crippen molar-refractivity contribution in [2.45, 2.75) is 0 Å². The van der Waals surface area contributed by atoms with E-state index in [4.69, 9.17) is 9.72 Å². The zero-order chi connectivity index (χ0) is 20.1. The first kappa shape index (κ1) is 17.0. The number of fused-ring (bicyclic) bond motifs is 6. The molecule has 1 aromatic heterocycles. The van der Waals surface area contributed by atoms with Crippen LogP contribution in [-0.4, -0.2) is 12.1 Å². The summed E-state index contributed by atoms with van der Waals surface area (Å²) in [6.45, 7) is 0. The lowest BCUT2D eigenvalue weighted by Crippen LogP contribution is -1.92. The molecule has 30 heavy (non-hydrogen) atoms. The Labute approximate surface area is 174 Å². The van der Waals surface area contributed by atoms with Crippen molar-refractivity contribution in [3.05, 3.63) is 97.2 Å². The highest BCUT2D eigenvalue weighted by Crippen LogP contribution is 2.42. The Hall–Kier alpha value is -3.91. The third kappa shape index (κ3) is 2.40. The minimum atomic E-state index is 0.879. The number of ether oxygens (including phenoxy) is 1. The van der Waals surface area contributed by atoms with Crippen LogP contribution in [0.5, 0.6) is 5.75 Å². The average molecular weight is 385 g/mol. The van der Waals surface area contributed by atoms with Gasteiger partial charge in [0, 0.05) is 27.9 Å². The van der Waals surface area contributed by atoms with E-state index >= 15 is 0 Å². The van der Waals surface area contributed by atoms with Gasteiger partial charge in [-0.2, -0.15) is 0 Å². The summed E-state index contributed by atoms with van der Waals surface area (Å²) in [5.74, 6) is 0.879. The summed E-state index contributed by atoms with van der Waals surface area (Å²) in [5.41, 5.74) is 2.13. The molecule has 0 bridgehead atoms. The van der Waals surface area contributed by atoms with Gasteiger partial charge >= 0.3 is 0 Å². The topological polar surface area (TPSA) is 22.1 Å². The third-order valence-corrected chi connectivity index (χ3v) is 5.99. The van der Waals surface area contributed by atoms with Gasteiger partial charge in [0.1, 0.15) is 5.75 Å². The van der Waals surface area contributed by atoms with Crippen LogP contribution in [0.25, 0.3) is 54.3 Å². The van der Waals surface area contributed by atoms with Crippen molar-refractivity contribution in [1.29, 1.82) is 0 Å². The summed E-state index contributed by atoms with van der Waals surface area (Å²) < 4.78 is 5.75. The zero-order valence-corrected chi connectivity index (χ0v) is 16.6. The Morgan fingerprint density at radius 1 is 0.567 bits per heavy atom. The minimum Gasteiger partial charge on any atom is -0.496 e. The lowest BCUT2D eigenvalue weighted by Gasteiger charge is -2.15. The van der Waals surface area contributed by atoms with Gasteiger partial charge in [-0.3, -0.25) is 4.98 Å². The smallest absolute Gasteiger partial charge is 0.126 e. The molecule has 0 atom stereocenters. The van der Waals surface area contributed by atoms with Gasteiger partial charge in [0.05, 0.1) is 12.8 Å². The summed E-state index contributed by atoms with van der Waals surface area (Å²) in [7, 11) is 1.73. The number of benzene rings is 5. The lowest BCUT2D eigenvalue weighted by atomic mass is 9.91. The zero-order valence-electron chi connectivity index (χ0n) is 16.6. The molecule has 0 N–H and O–H groups in total. The first-order valence-corrected chi connectivity index (χ1v) is 10.1. The van der Waals surface area contributed by atoms with Gasteiger partial charge in [-0.1, -0.05) is 66.7 Å². The second-order valence-corrected chi connectivity index (χ2v) is 7.57. The molecule has 0 fully saturated rings. The molecular weight excluding hydrogens is 366 g/mol. The van der Waals surface area contributed by atoms with E-state index in [1.807, 2.05) is 6.20 Å². The monoisotopic (exact) mass is 385 g/mol. The van der Waals surface area contributed by atoms with Crippen molar-refractivity contribution in [2.75, 3.05) is 7.11 Å². The van der Waals surface area contributed by atoms with Gasteiger partial charge in [0.2, 0.25) is 0 Å². The largest absolute Gasteiger partial charge is 0.496 e. The second kappa shape index (κ2) is 6.57. The van der Waals surface area contributed by atoms with Crippen LogP contribution in [0.15, 0.2) is 97.2 Å². The Bertz CT molecular complexity index is 1580. The fraction of sp³-hybridized carbons (Fsp3) is 0.0357. The Morgan fingerprint density at radius 3 is 2.10 bits per heavy atom. The highest BCUT2D eigenvalue weighted by atomic mass is 16.5. The van der Waals surface area contributed by atoms with Crippen LogP contribution in [0.3, 0.4) is 0 Å². The maximum atomic E-state index is 5.75. The molecule has 0 radical (unpaired) electrons. The van der Waals surface area contributed by atoms with Crippen LogP contribution >= 0.6 is 0 Å². The lowest BCUT2D eigenvalue weighted by molar-refractivity contribution is 0.420. The number of pyridine rings is 1. The van der Waals surface area contributed by atoms with Crippen molar-refractivity contribution in [3.8, 4) is 17.0 Å². The molecular formula is C28H19NO. The summed E-state index contributed by atoms with van der Waals surface area (Å²) in [6, 6.07) is 32.0. The molecule has 5 aromatic carbocycles. The highest BCUT2D eigenvalue weighted by molar-refractivity contribution is 6.25. The molecule has 0 spiro atoms. The molecule has 2 nitrogen and oxygen atoms in total. The molecule has 0 saturated carbocycles. The maximum Gasteiger partial charge on any atom is 0.126 e. The Kier molecular flexibility index (Phi) is 3.72. The van der Waals surface area contributed by atoms with Crippen LogP contribution in [0.1, 0.15) is 0 Å². The van der Waals surface area contributed by atoms with E-state index in [1.54, 1.807) is 7.11 Å². The number of aromatic nitrogens is 1. The molecule has 0 aliphatic heterocycles. The molecule has 2 heteroatoms. The van der Waals surface area contributed by atoms with Crippen molar-refractivity contribution < 1.29 is 4.74 Å². The number of rotatable bonds is 2. The summed E-state index contributed by atoms with van der Waals surface area (Å²) in [5, 5.41) is 9.58. The van der Waals surface area contributed by atoms with E-state index < -0.39 is 0 Å². The maximum absolute atomic E-state index is 5.75. The van der Waals surface area contributed by atoms with E-state index in [0.29, 0.717) is 0 Å². The third-order valence-electron chi connectivity index (χ3n) is 5.99. The quantitative estimate of drug-likeness (QED) is 0.290. The fourth-order valence-electron chi connectivity index (χ4n) is 4.62. The number of hydrogen-bond acceptors (Lipinski definition) is 2. The van der Waals surface area contributed by atoms with E-state index in [-0.39, 0.29) is 0 Å². The van der Waals surface area contributed by atoms with E-state index in [9.17, 15) is 0 Å². The van der Waals surface area contributed by atoms with Crippen LogP contribution in [0, 0.1) is 0 Å². The average Bonchev–Trinajstić information content (AvgIpc) is 2.82. The van der Waals surface area contributed by atoms with Crippen molar-refractivity contribution in [3.63, 3.8) is 0 Å². The molecule has 0 amide bonds. The van der Waals surface area contributed by atoms with E-state index in [0.717, 1.165) is 27.8 Å². The van der Waals surface area contributed by atoms with Crippen LogP contribution in [0.4, 0.5) is 0 Å². The SMILES string of the molecule is COc1ccc(-c2nccc3ccccc23)c2c1ccc1ccc3ccccc3c12. The Balaban J connectivity index is 1.88. The standard InChI is InChI=1S/C28H19NO/c1-30-25-15-14-24(28-22-9-5-3-7-19(22)16-17-29-28)27-23(25)13-12-20-11-10-18-6-2-4-8-21(18)26(20)27/h2-17H,1H3. The summed E-state index contributed by atoms with van der Waals surface area (Å²) in [4.78, 5) is 4.83. The summed E-state index contributed by atoms with van der Waals surface area (Å²) >= 11 is 0. The first-order chi connectivity index (χ1) is 14.8. The normalized spacial score (nSPS) is 11.5. The van der Waals surface area contributed by atoms with Gasteiger partial charge in [-0.15, -0.1) is 0 Å². The van der Waals surface area contributed by atoms with Gasteiger partial charge in [-0.05, 0) is 51.2 Å². The van der Waals surface area contributed by atoms with Crippen LogP contribution in [0.2, 0.25) is 0 Å². The number of methoxy groups -OCH3 is 1. The molecule has 0 saturated heterocycles. The van der Waals surface area contributed by atoms with E-state index in [1.165, 1.54) is 32.3 Å². The predicted molar refractivity (Wildman–Crippen MR) is 126 cm³/mol. The van der Waals surface area contributed by atoms with Crippen LogP contribution < -0.4 is 4.74 Å². The van der Waals surface area contributed by atoms with Gasteiger partial charge in [0.15, 0.2) is 0 Å². The molecule has 6 rings (SSSR count). The van der Waals surface area contributed by atoms with Gasteiger partial charge < -0.3 is 4.74 Å². The number of hydrogen-bond donors (Lipinski definition) is 0. The molecule has 0 unspecified atom stereocenters. The summed E-state index contributed by atoms with van der Waals surface area (Å²) in [6.07, 6.45) is 1.90. The van der Waals surface area contributed by atoms with Crippen molar-refractivity contribution >= 4 is 43.1 Å². The molecule has 142 valence electrons. The fourth-order valence-corrected chi connectivity index (χ4v) is 4.62. The van der Waals surface area contributed by atoms with Crippen molar-refractivity contribution in [2.24, 2.45) is 0 Å². The van der Waals surface area contributed by atoms with Gasteiger partial charge in [-0.25, -0.2) is 0 Å².